The van der Waals surface area contributed by atoms with Gasteiger partial charge >= 0.3 is 0 Å². The van der Waals surface area contributed by atoms with Gasteiger partial charge in [0, 0.05) is 12.8 Å². The van der Waals surface area contributed by atoms with Gasteiger partial charge in [0.1, 0.15) is 11.9 Å². The van der Waals surface area contributed by atoms with Gasteiger partial charge in [-0.25, -0.2) is 18.7 Å². The van der Waals surface area contributed by atoms with Crippen LogP contribution in [0.25, 0.3) is 0 Å². The van der Waals surface area contributed by atoms with Crippen LogP contribution in [0.5, 0.6) is 5.88 Å². The normalized spacial score (nSPS) is 20.1. The van der Waals surface area contributed by atoms with Gasteiger partial charge in [0.2, 0.25) is 5.88 Å². The molecule has 0 unspecified atom stereocenters. The van der Waals surface area contributed by atoms with Crippen molar-refractivity contribution in [2.24, 2.45) is 0 Å². The second kappa shape index (κ2) is 3.04. The maximum atomic E-state index is 12.4. The number of hydrogen-bond acceptors (Lipinski definition) is 4. The Labute approximate surface area is 79.1 Å². The standard InChI is InChI=1S/C8H9F2N3O/c9-8(10)1-5(2-8)14-7-4-12-6(11)3-13-7/h3-5H,1-2H2,(H2,11,12). The lowest BCUT2D eigenvalue weighted by molar-refractivity contribution is -0.135. The van der Waals surface area contributed by atoms with Crippen LogP contribution < -0.4 is 10.5 Å². The van der Waals surface area contributed by atoms with Crippen molar-refractivity contribution in [3.63, 3.8) is 0 Å². The average molecular weight is 201 g/mol. The minimum Gasteiger partial charge on any atom is -0.473 e. The molecule has 0 atom stereocenters. The highest BCUT2D eigenvalue weighted by atomic mass is 19.3. The van der Waals surface area contributed by atoms with Gasteiger partial charge < -0.3 is 10.5 Å². The van der Waals surface area contributed by atoms with Crippen LogP contribution in [-0.2, 0) is 0 Å². The van der Waals surface area contributed by atoms with E-state index in [-0.39, 0.29) is 24.5 Å². The second-order valence-corrected chi connectivity index (χ2v) is 3.28. The molecule has 0 radical (unpaired) electrons. The Morgan fingerprint density at radius 3 is 2.57 bits per heavy atom. The highest BCUT2D eigenvalue weighted by Crippen LogP contribution is 2.39. The maximum Gasteiger partial charge on any atom is 0.255 e. The summed E-state index contributed by atoms with van der Waals surface area (Å²) in [6.07, 6.45) is 1.69. The fourth-order valence-corrected chi connectivity index (χ4v) is 1.25. The topological polar surface area (TPSA) is 61.0 Å². The van der Waals surface area contributed by atoms with E-state index in [1.807, 2.05) is 0 Å². The minimum absolute atomic E-state index is 0.236. The highest BCUT2D eigenvalue weighted by molar-refractivity contribution is 5.24. The van der Waals surface area contributed by atoms with Crippen molar-refractivity contribution >= 4 is 5.82 Å². The second-order valence-electron chi connectivity index (χ2n) is 3.28. The first-order chi connectivity index (χ1) is 6.55. The lowest BCUT2D eigenvalue weighted by Crippen LogP contribution is -2.43. The Bertz CT molecular complexity index is 320. The summed E-state index contributed by atoms with van der Waals surface area (Å²) in [4.78, 5) is 7.52. The zero-order valence-electron chi connectivity index (χ0n) is 7.28. The van der Waals surface area contributed by atoms with Gasteiger partial charge in [0.25, 0.3) is 5.92 Å². The molecule has 1 saturated carbocycles. The number of rotatable bonds is 2. The lowest BCUT2D eigenvalue weighted by atomic mass is 9.91. The number of nitrogens with two attached hydrogens (primary N) is 1. The Kier molecular flexibility index (Phi) is 1.98. The van der Waals surface area contributed by atoms with Crippen LogP contribution in [0, 0.1) is 0 Å². The van der Waals surface area contributed by atoms with Gasteiger partial charge in [0.05, 0.1) is 12.4 Å². The maximum absolute atomic E-state index is 12.4. The third-order valence-corrected chi connectivity index (χ3v) is 1.99. The number of anilines is 1. The molecule has 0 amide bonds. The molecule has 0 spiro atoms. The first kappa shape index (κ1) is 9.11. The Balaban J connectivity index is 1.90. The molecule has 0 saturated heterocycles. The summed E-state index contributed by atoms with van der Waals surface area (Å²) in [6.45, 7) is 0. The van der Waals surface area contributed by atoms with E-state index in [1.54, 1.807) is 0 Å². The SMILES string of the molecule is Nc1cnc(OC2CC(F)(F)C2)cn1. The van der Waals surface area contributed by atoms with Crippen molar-refractivity contribution in [2.75, 3.05) is 5.73 Å². The monoisotopic (exact) mass is 201 g/mol. The molecule has 1 fully saturated rings. The summed E-state index contributed by atoms with van der Waals surface area (Å²) in [6, 6.07) is 0. The first-order valence-electron chi connectivity index (χ1n) is 4.17. The molecule has 2 N–H and O–H groups in total. The van der Waals surface area contributed by atoms with Gasteiger partial charge in [-0.2, -0.15) is 0 Å². The smallest absolute Gasteiger partial charge is 0.255 e. The molecule has 1 heterocycles. The van der Waals surface area contributed by atoms with E-state index in [1.165, 1.54) is 12.4 Å². The summed E-state index contributed by atoms with van der Waals surface area (Å²) >= 11 is 0. The summed E-state index contributed by atoms with van der Waals surface area (Å²) in [7, 11) is 0. The molecule has 2 rings (SSSR count). The lowest BCUT2D eigenvalue weighted by Gasteiger charge is -2.34. The summed E-state index contributed by atoms with van der Waals surface area (Å²) in [5, 5.41) is 0. The molecule has 0 aromatic carbocycles. The van der Waals surface area contributed by atoms with E-state index in [0.29, 0.717) is 0 Å². The van der Waals surface area contributed by atoms with E-state index >= 15 is 0 Å². The van der Waals surface area contributed by atoms with Crippen LogP contribution in [0.3, 0.4) is 0 Å². The Morgan fingerprint density at radius 2 is 2.07 bits per heavy atom. The van der Waals surface area contributed by atoms with Crippen LogP contribution >= 0.6 is 0 Å². The fourth-order valence-electron chi connectivity index (χ4n) is 1.25. The largest absolute Gasteiger partial charge is 0.473 e. The summed E-state index contributed by atoms with van der Waals surface area (Å²) in [5.74, 6) is -2.07. The van der Waals surface area contributed by atoms with Crippen LogP contribution in [0.2, 0.25) is 0 Å². The number of nitrogen functional groups attached to an aromatic ring is 1. The van der Waals surface area contributed by atoms with Gasteiger partial charge in [-0.05, 0) is 0 Å². The zero-order chi connectivity index (χ0) is 10.2. The van der Waals surface area contributed by atoms with E-state index in [2.05, 4.69) is 9.97 Å². The molecule has 1 aromatic rings. The number of hydrogen-bond donors (Lipinski definition) is 1. The number of nitrogens with zero attached hydrogens (tertiary/aromatic N) is 2. The van der Waals surface area contributed by atoms with E-state index < -0.39 is 12.0 Å². The van der Waals surface area contributed by atoms with Crippen LogP contribution in [0.15, 0.2) is 12.4 Å². The molecule has 1 aliphatic carbocycles. The minimum atomic E-state index is -2.58. The quantitative estimate of drug-likeness (QED) is 0.781. The first-order valence-corrected chi connectivity index (χ1v) is 4.17. The number of ether oxygens (including phenoxy) is 1. The predicted molar refractivity (Wildman–Crippen MR) is 45.0 cm³/mol. The highest BCUT2D eigenvalue weighted by Gasteiger charge is 2.47. The molecule has 14 heavy (non-hydrogen) atoms. The number of alkyl halides is 2. The van der Waals surface area contributed by atoms with Gasteiger partial charge in [-0.1, -0.05) is 0 Å². The van der Waals surface area contributed by atoms with Gasteiger partial charge in [-0.3, -0.25) is 0 Å². The van der Waals surface area contributed by atoms with E-state index in [0.717, 1.165) is 0 Å². The zero-order valence-corrected chi connectivity index (χ0v) is 7.28. The molecule has 0 aliphatic heterocycles. The van der Waals surface area contributed by atoms with Crippen LogP contribution in [0.1, 0.15) is 12.8 Å². The van der Waals surface area contributed by atoms with E-state index in [4.69, 9.17) is 10.5 Å². The van der Waals surface area contributed by atoms with Crippen molar-refractivity contribution in [1.29, 1.82) is 0 Å². The molecular weight excluding hydrogens is 192 g/mol. The van der Waals surface area contributed by atoms with E-state index in [9.17, 15) is 8.78 Å². The third kappa shape index (κ3) is 1.89. The van der Waals surface area contributed by atoms with Crippen molar-refractivity contribution < 1.29 is 13.5 Å². The molecule has 76 valence electrons. The molecule has 1 aliphatic rings. The molecular formula is C8H9F2N3O. The summed E-state index contributed by atoms with van der Waals surface area (Å²) in [5.41, 5.74) is 5.30. The van der Waals surface area contributed by atoms with Crippen molar-refractivity contribution in [1.82, 2.24) is 9.97 Å². The predicted octanol–water partition coefficient (Wildman–Crippen LogP) is 1.24. The van der Waals surface area contributed by atoms with Crippen molar-refractivity contribution in [3.05, 3.63) is 12.4 Å². The molecule has 6 heteroatoms. The van der Waals surface area contributed by atoms with Crippen LogP contribution in [0.4, 0.5) is 14.6 Å². The molecule has 0 bridgehead atoms. The fraction of sp³-hybridized carbons (Fsp3) is 0.500. The average Bonchev–Trinajstić information content (AvgIpc) is 2.06. The Morgan fingerprint density at radius 1 is 1.36 bits per heavy atom. The van der Waals surface area contributed by atoms with Gasteiger partial charge in [0.15, 0.2) is 0 Å². The molecule has 4 nitrogen and oxygen atoms in total. The third-order valence-electron chi connectivity index (χ3n) is 1.99. The van der Waals surface area contributed by atoms with Crippen molar-refractivity contribution in [3.8, 4) is 5.88 Å². The van der Waals surface area contributed by atoms with Crippen LogP contribution in [-0.4, -0.2) is 22.0 Å². The Hall–Kier alpha value is -1.46. The van der Waals surface area contributed by atoms with Gasteiger partial charge in [-0.15, -0.1) is 0 Å². The molecule has 1 aromatic heterocycles. The van der Waals surface area contributed by atoms with Crippen molar-refractivity contribution in [2.45, 2.75) is 24.9 Å². The number of halogens is 2. The summed E-state index contributed by atoms with van der Waals surface area (Å²) < 4.78 is 30.0. The number of aromatic nitrogens is 2.